The van der Waals surface area contributed by atoms with Gasteiger partial charge in [0.05, 0.1) is 5.69 Å². The first-order valence-electron chi connectivity index (χ1n) is 12.2. The monoisotopic (exact) mass is 484 g/mol. The van der Waals surface area contributed by atoms with Crippen molar-refractivity contribution < 1.29 is 18.8 Å². The predicted molar refractivity (Wildman–Crippen MR) is 130 cm³/mol. The van der Waals surface area contributed by atoms with Crippen LogP contribution >= 0.6 is 0 Å². The van der Waals surface area contributed by atoms with Crippen LogP contribution in [0.15, 0.2) is 60.8 Å². The number of aromatic nitrogens is 1. The number of amides is 3. The number of hydrogen-bond acceptors (Lipinski definition) is 5. The Morgan fingerprint density at radius 1 is 1.03 bits per heavy atom. The standard InChI is InChI=1S/C28H25FN4O3/c29-23-4-2-1-3-21(23)20-14-32(15-20)13-17-9-10-30-24(11-17)18-5-6-22-19(12-18)16-33(28(22)36)25-7-8-26(34)31-27(25)35/h1-6,9-12,20,25H,7-8,13-16H2,(H,31,34,35). The summed E-state index contributed by atoms with van der Waals surface area (Å²) in [6, 6.07) is 16.0. The molecule has 2 saturated heterocycles. The largest absolute Gasteiger partial charge is 0.322 e. The molecule has 0 radical (unpaired) electrons. The lowest BCUT2D eigenvalue weighted by Crippen LogP contribution is -2.52. The van der Waals surface area contributed by atoms with Gasteiger partial charge in [-0.25, -0.2) is 4.39 Å². The highest BCUT2D eigenvalue weighted by Gasteiger charge is 2.39. The molecule has 3 amide bonds. The number of likely N-dealkylation sites (tertiary alicyclic amines) is 1. The van der Waals surface area contributed by atoms with E-state index in [0.29, 0.717) is 18.5 Å². The summed E-state index contributed by atoms with van der Waals surface area (Å²) >= 11 is 0. The van der Waals surface area contributed by atoms with Gasteiger partial charge in [-0.2, -0.15) is 0 Å². The van der Waals surface area contributed by atoms with Crippen LogP contribution < -0.4 is 5.32 Å². The number of nitrogens with zero attached hydrogens (tertiary/aromatic N) is 3. The summed E-state index contributed by atoms with van der Waals surface area (Å²) in [6.07, 6.45) is 2.36. The van der Waals surface area contributed by atoms with Crippen molar-refractivity contribution >= 4 is 17.7 Å². The second kappa shape index (κ2) is 8.95. The van der Waals surface area contributed by atoms with E-state index in [9.17, 15) is 18.8 Å². The molecule has 182 valence electrons. The van der Waals surface area contributed by atoms with Gasteiger partial charge in [0.2, 0.25) is 11.8 Å². The molecule has 8 heteroatoms. The molecule has 4 heterocycles. The first-order valence-corrected chi connectivity index (χ1v) is 12.2. The molecule has 1 aromatic heterocycles. The van der Waals surface area contributed by atoms with Crippen molar-refractivity contribution in [2.45, 2.75) is 37.9 Å². The maximum atomic E-state index is 14.1. The van der Waals surface area contributed by atoms with E-state index in [2.05, 4.69) is 15.2 Å². The van der Waals surface area contributed by atoms with Gasteiger partial charge in [-0.1, -0.05) is 24.3 Å². The van der Waals surface area contributed by atoms with Gasteiger partial charge in [0.25, 0.3) is 5.91 Å². The van der Waals surface area contributed by atoms with Crippen LogP contribution in [0.2, 0.25) is 0 Å². The van der Waals surface area contributed by atoms with Gasteiger partial charge in [0.15, 0.2) is 0 Å². The van der Waals surface area contributed by atoms with Crippen LogP contribution in [0.25, 0.3) is 11.3 Å². The summed E-state index contributed by atoms with van der Waals surface area (Å²) in [5, 5.41) is 2.33. The Labute approximate surface area is 207 Å². The molecule has 3 aromatic rings. The highest BCUT2D eigenvalue weighted by atomic mass is 19.1. The zero-order valence-electron chi connectivity index (χ0n) is 19.6. The summed E-state index contributed by atoms with van der Waals surface area (Å²) in [6.45, 7) is 2.72. The quantitative estimate of drug-likeness (QED) is 0.563. The highest BCUT2D eigenvalue weighted by Crippen LogP contribution is 2.32. The van der Waals surface area contributed by atoms with Gasteiger partial charge < -0.3 is 4.90 Å². The lowest BCUT2D eigenvalue weighted by atomic mass is 9.90. The number of pyridine rings is 1. The zero-order valence-corrected chi connectivity index (χ0v) is 19.6. The summed E-state index contributed by atoms with van der Waals surface area (Å²) in [5.41, 5.74) is 5.05. The van der Waals surface area contributed by atoms with Crippen molar-refractivity contribution in [3.63, 3.8) is 0 Å². The SMILES string of the molecule is O=C1CCC(N2Cc3cc(-c4cc(CN5CC(c6ccccc6F)C5)ccn4)ccc3C2=O)C(=O)N1. The Hall–Kier alpha value is -3.91. The average Bonchev–Trinajstić information content (AvgIpc) is 3.17. The van der Waals surface area contributed by atoms with E-state index in [0.717, 1.165) is 47.6 Å². The predicted octanol–water partition coefficient (Wildman–Crippen LogP) is 3.25. The van der Waals surface area contributed by atoms with E-state index in [-0.39, 0.29) is 30.0 Å². The number of carbonyl (C=O) groups is 3. The maximum absolute atomic E-state index is 14.1. The van der Waals surface area contributed by atoms with Crippen LogP contribution in [0.3, 0.4) is 0 Å². The third kappa shape index (κ3) is 4.07. The van der Waals surface area contributed by atoms with E-state index in [1.165, 1.54) is 6.07 Å². The lowest BCUT2D eigenvalue weighted by molar-refractivity contribution is -0.136. The number of imide groups is 1. The van der Waals surface area contributed by atoms with Gasteiger partial charge in [-0.3, -0.25) is 29.6 Å². The maximum Gasteiger partial charge on any atom is 0.255 e. The van der Waals surface area contributed by atoms with E-state index in [1.807, 2.05) is 36.4 Å². The van der Waals surface area contributed by atoms with Crippen molar-refractivity contribution in [3.8, 4) is 11.3 Å². The van der Waals surface area contributed by atoms with Crippen LogP contribution in [0.1, 0.15) is 45.8 Å². The van der Waals surface area contributed by atoms with Crippen LogP contribution in [-0.4, -0.2) is 51.6 Å². The Balaban J connectivity index is 1.14. The van der Waals surface area contributed by atoms with E-state index in [4.69, 9.17) is 0 Å². The summed E-state index contributed by atoms with van der Waals surface area (Å²) in [4.78, 5) is 45.1. The van der Waals surface area contributed by atoms with Gasteiger partial charge in [-0.05, 0) is 53.4 Å². The average molecular weight is 485 g/mol. The van der Waals surface area contributed by atoms with Crippen LogP contribution in [0, 0.1) is 5.82 Å². The Bertz CT molecular complexity index is 1380. The highest BCUT2D eigenvalue weighted by molar-refractivity contribution is 6.05. The first-order chi connectivity index (χ1) is 17.5. The van der Waals surface area contributed by atoms with Gasteiger partial charge in [0.1, 0.15) is 11.9 Å². The number of hydrogen-bond donors (Lipinski definition) is 1. The molecule has 0 aliphatic carbocycles. The summed E-state index contributed by atoms with van der Waals surface area (Å²) in [7, 11) is 0. The minimum Gasteiger partial charge on any atom is -0.322 e. The number of halogens is 1. The van der Waals surface area contributed by atoms with Crippen molar-refractivity contribution in [3.05, 3.63) is 88.9 Å². The van der Waals surface area contributed by atoms with Gasteiger partial charge in [-0.15, -0.1) is 0 Å². The molecule has 3 aliphatic heterocycles. The van der Waals surface area contributed by atoms with Crippen molar-refractivity contribution in [2.24, 2.45) is 0 Å². The lowest BCUT2D eigenvalue weighted by Gasteiger charge is -2.39. The minimum absolute atomic E-state index is 0.139. The number of piperidine rings is 1. The zero-order chi connectivity index (χ0) is 24.8. The fourth-order valence-electron chi connectivity index (χ4n) is 5.42. The van der Waals surface area contributed by atoms with Crippen molar-refractivity contribution in [1.29, 1.82) is 0 Å². The summed E-state index contributed by atoms with van der Waals surface area (Å²) in [5.74, 6) is -0.816. The van der Waals surface area contributed by atoms with Gasteiger partial charge >= 0.3 is 0 Å². The van der Waals surface area contributed by atoms with E-state index >= 15 is 0 Å². The number of benzene rings is 2. The Kier molecular flexibility index (Phi) is 5.60. The topological polar surface area (TPSA) is 82.6 Å². The molecule has 0 spiro atoms. The molecule has 2 fully saturated rings. The molecular weight excluding hydrogens is 459 g/mol. The van der Waals surface area contributed by atoms with Crippen molar-refractivity contribution in [2.75, 3.05) is 13.1 Å². The molecule has 0 bridgehead atoms. The number of nitrogens with one attached hydrogen (secondary N) is 1. The van der Waals surface area contributed by atoms with Crippen molar-refractivity contribution in [1.82, 2.24) is 20.1 Å². The molecule has 7 nitrogen and oxygen atoms in total. The smallest absolute Gasteiger partial charge is 0.255 e. The Morgan fingerprint density at radius 3 is 2.67 bits per heavy atom. The number of fused-ring (bicyclic) bond motifs is 1. The third-order valence-corrected chi connectivity index (χ3v) is 7.35. The molecule has 36 heavy (non-hydrogen) atoms. The van der Waals surface area contributed by atoms with Crippen LogP contribution in [0.5, 0.6) is 0 Å². The molecular formula is C28H25FN4O3. The molecule has 2 aromatic carbocycles. The second-order valence-corrected chi connectivity index (χ2v) is 9.73. The van der Waals surface area contributed by atoms with E-state index in [1.54, 1.807) is 23.2 Å². The molecule has 1 atom stereocenters. The van der Waals surface area contributed by atoms with Crippen LogP contribution in [0.4, 0.5) is 4.39 Å². The first kappa shape index (κ1) is 22.5. The number of rotatable bonds is 5. The fraction of sp³-hybridized carbons (Fsp3) is 0.286. The van der Waals surface area contributed by atoms with E-state index < -0.39 is 11.9 Å². The molecule has 3 aliphatic rings. The van der Waals surface area contributed by atoms with Crippen LogP contribution in [-0.2, 0) is 22.7 Å². The minimum atomic E-state index is -0.628. The fourth-order valence-corrected chi connectivity index (χ4v) is 5.42. The number of carbonyl (C=O) groups excluding carboxylic acids is 3. The molecule has 1 unspecified atom stereocenters. The normalized spacial score (nSPS) is 20.3. The summed E-state index contributed by atoms with van der Waals surface area (Å²) < 4.78 is 14.1. The molecule has 1 N–H and O–H groups in total. The Morgan fingerprint density at radius 2 is 1.86 bits per heavy atom. The molecule has 6 rings (SSSR count). The molecule has 0 saturated carbocycles. The third-order valence-electron chi connectivity index (χ3n) is 7.35. The second-order valence-electron chi connectivity index (χ2n) is 9.73. The van der Waals surface area contributed by atoms with Gasteiger partial charge in [0, 0.05) is 55.8 Å².